The van der Waals surface area contributed by atoms with Gasteiger partial charge in [-0.05, 0) is 183 Å². The third-order valence-corrected chi connectivity index (χ3v) is 14.1. The van der Waals surface area contributed by atoms with Gasteiger partial charge in [0.15, 0.2) is 0 Å². The van der Waals surface area contributed by atoms with Crippen molar-refractivity contribution >= 4 is 71.3 Å². The predicted octanol–water partition coefficient (Wildman–Crippen LogP) is 9.40. The number of rotatable bonds is 12. The average Bonchev–Trinajstić information content (AvgIpc) is 3.99. The smallest absolute Gasteiger partial charge is 0.306 e. The first-order valence-corrected chi connectivity index (χ1v) is 26.3. The molecular weight excluding hydrogens is 946 g/mol. The van der Waals surface area contributed by atoms with Crippen molar-refractivity contribution in [2.75, 3.05) is 0 Å². The topological polar surface area (TPSA) is 252 Å². The Labute approximate surface area is 424 Å². The van der Waals surface area contributed by atoms with E-state index in [0.29, 0.717) is 68.2 Å². The highest BCUT2D eigenvalue weighted by atomic mass is 35.5. The summed E-state index contributed by atoms with van der Waals surface area (Å²) in [4.78, 5) is 67.7. The number of nitrogens with zero attached hydrogens (tertiary/aromatic N) is 4. The van der Waals surface area contributed by atoms with Crippen molar-refractivity contribution in [2.24, 2.45) is 35.3 Å². The maximum atomic E-state index is 11.8. The molecule has 6 rings (SSSR count). The molecule has 17 nitrogen and oxygen atoms in total. The number of halogens is 1. The minimum Gasteiger partial charge on any atom is -0.481 e. The molecule has 4 aliphatic carbocycles. The highest BCUT2D eigenvalue weighted by Crippen LogP contribution is 2.38. The molecule has 4 saturated carbocycles. The zero-order valence-corrected chi connectivity index (χ0v) is 44.9. The number of carboxylic acids is 1. The molecule has 0 radical (unpaired) electrons. The first kappa shape index (κ1) is 61.3. The van der Waals surface area contributed by atoms with E-state index < -0.39 is 17.2 Å². The Kier molecular flexibility index (Phi) is 26.8. The zero-order valence-electron chi connectivity index (χ0n) is 42.5. The van der Waals surface area contributed by atoms with Gasteiger partial charge in [0.05, 0.1) is 5.92 Å². The van der Waals surface area contributed by atoms with Crippen molar-refractivity contribution in [3.8, 4) is 0 Å². The zero-order chi connectivity index (χ0) is 50.5. The van der Waals surface area contributed by atoms with E-state index in [4.69, 9.17) is 25.1 Å². The standard InChI is InChI=1S/C14H24N2O4.C14H22N2O2S.C13H22O4.C8H13N3S.ClH/c1-14(2,3)20-12(18)8-10-4-6-11(7-5-10)13(19)16-15-9-17;1-14(2,3)18-12(17)8-10-4-6-11(7-5-10)13-16-15-9-19-13;1-13(2,3)17-11(14)8-9-4-6-10(7-5-9)12(15)16;9-7-3-1-6(2-4-7)8-11-10-5-12-8;/h9-11H,4-8H2,1-3H3,(H,15,17)(H,16,19);9-11H,4-8H2,1-3H3;9-10H,4-8H2,1-3H3,(H,15,16);5-7H,1-4,9H2;1H. The number of hydrogen-bond acceptors (Lipinski definition) is 16. The highest BCUT2D eigenvalue weighted by Gasteiger charge is 2.31. The number of ether oxygens (including phenoxy) is 3. The molecule has 0 aromatic carbocycles. The van der Waals surface area contributed by atoms with E-state index in [1.165, 1.54) is 17.8 Å². The van der Waals surface area contributed by atoms with Crippen molar-refractivity contribution in [1.29, 1.82) is 0 Å². The molecule has 2 amide bonds. The molecule has 0 saturated heterocycles. The number of hydrazine groups is 1. The number of amides is 2. The summed E-state index contributed by atoms with van der Waals surface area (Å²) in [6, 6.07) is 0.425. The molecule has 20 heteroatoms. The van der Waals surface area contributed by atoms with E-state index in [9.17, 15) is 28.8 Å². The molecule has 2 heterocycles. The van der Waals surface area contributed by atoms with Crippen molar-refractivity contribution in [1.82, 2.24) is 31.2 Å². The van der Waals surface area contributed by atoms with Crippen molar-refractivity contribution in [2.45, 2.75) is 219 Å². The summed E-state index contributed by atoms with van der Waals surface area (Å²) >= 11 is 3.31. The Morgan fingerprint density at radius 3 is 1.23 bits per heavy atom. The maximum Gasteiger partial charge on any atom is 0.306 e. The van der Waals surface area contributed by atoms with Crippen LogP contribution < -0.4 is 16.6 Å². The van der Waals surface area contributed by atoms with Gasteiger partial charge >= 0.3 is 23.9 Å². The van der Waals surface area contributed by atoms with Crippen LogP contribution in [0.5, 0.6) is 0 Å². The Hall–Kier alpha value is -3.81. The quantitative estimate of drug-likeness (QED) is 0.0669. The number of carboxylic acid groups (broad SMARTS) is 1. The van der Waals surface area contributed by atoms with Gasteiger partial charge in [0.1, 0.15) is 37.8 Å². The Morgan fingerprint density at radius 1 is 0.594 bits per heavy atom. The molecule has 4 fully saturated rings. The summed E-state index contributed by atoms with van der Waals surface area (Å²) in [5.74, 6) is 0.652. The number of nitrogens with one attached hydrogen (secondary N) is 2. The first-order valence-electron chi connectivity index (χ1n) is 24.5. The Bertz CT molecular complexity index is 1800. The predicted molar refractivity (Wildman–Crippen MR) is 268 cm³/mol. The van der Waals surface area contributed by atoms with Gasteiger partial charge in [0.2, 0.25) is 12.3 Å². The van der Waals surface area contributed by atoms with Crippen LogP contribution in [0, 0.1) is 29.6 Å². The molecule has 0 unspecified atom stereocenters. The van der Waals surface area contributed by atoms with Gasteiger partial charge in [-0.25, -0.2) is 0 Å². The van der Waals surface area contributed by atoms with Crippen LogP contribution in [0.1, 0.15) is 206 Å². The Balaban J connectivity index is 0.000000318. The van der Waals surface area contributed by atoms with Crippen LogP contribution in [0.4, 0.5) is 0 Å². The van der Waals surface area contributed by atoms with Crippen molar-refractivity contribution in [3.63, 3.8) is 0 Å². The van der Waals surface area contributed by atoms with E-state index >= 15 is 0 Å². The number of aliphatic carboxylic acids is 1. The minimum atomic E-state index is -0.708. The second kappa shape index (κ2) is 30.2. The molecule has 69 heavy (non-hydrogen) atoms. The molecule has 5 N–H and O–H groups in total. The van der Waals surface area contributed by atoms with Crippen molar-refractivity contribution in [3.05, 3.63) is 21.0 Å². The third-order valence-electron chi connectivity index (χ3n) is 12.4. The van der Waals surface area contributed by atoms with E-state index in [2.05, 4.69) is 31.2 Å². The second-order valence-corrected chi connectivity index (χ2v) is 23.5. The van der Waals surface area contributed by atoms with E-state index in [0.717, 1.165) is 82.1 Å². The van der Waals surface area contributed by atoms with Gasteiger partial charge < -0.3 is 25.1 Å². The lowest BCUT2D eigenvalue weighted by Crippen LogP contribution is -2.41. The van der Waals surface area contributed by atoms with Crippen LogP contribution in [0.3, 0.4) is 0 Å². The molecule has 0 atom stereocenters. The summed E-state index contributed by atoms with van der Waals surface area (Å²) in [6.45, 7) is 16.9. The monoisotopic (exact) mass is 1030 g/mol. The van der Waals surface area contributed by atoms with Gasteiger partial charge in [-0.2, -0.15) is 0 Å². The second-order valence-electron chi connectivity index (χ2n) is 21.8. The van der Waals surface area contributed by atoms with Crippen molar-refractivity contribution < 1.29 is 48.1 Å². The largest absolute Gasteiger partial charge is 0.481 e. The van der Waals surface area contributed by atoms with Crippen LogP contribution in [-0.2, 0) is 43.0 Å². The fourth-order valence-electron chi connectivity index (χ4n) is 9.00. The minimum absolute atomic E-state index is 0. The van der Waals surface area contributed by atoms with Crippen LogP contribution in [0.2, 0.25) is 0 Å². The lowest BCUT2D eigenvalue weighted by molar-refractivity contribution is -0.157. The third kappa shape index (κ3) is 26.3. The summed E-state index contributed by atoms with van der Waals surface area (Å²) < 4.78 is 15.9. The maximum absolute atomic E-state index is 11.8. The van der Waals surface area contributed by atoms with Crippen LogP contribution in [0.25, 0.3) is 0 Å². The van der Waals surface area contributed by atoms with Crippen LogP contribution in [-0.4, -0.2) is 84.5 Å². The van der Waals surface area contributed by atoms with Gasteiger partial charge in [0.25, 0.3) is 0 Å². The molecule has 0 spiro atoms. The number of esters is 3. The number of carbonyl (C=O) groups excluding carboxylic acids is 5. The summed E-state index contributed by atoms with van der Waals surface area (Å²) in [5, 5.41) is 27.2. The van der Waals surface area contributed by atoms with Crippen LogP contribution >= 0.6 is 35.1 Å². The molecule has 392 valence electrons. The van der Waals surface area contributed by atoms with E-state index in [1.54, 1.807) is 28.2 Å². The number of carbonyl (C=O) groups is 6. The summed E-state index contributed by atoms with van der Waals surface area (Å²) in [6.07, 6.45) is 17.0. The summed E-state index contributed by atoms with van der Waals surface area (Å²) in [7, 11) is 0. The number of hydrogen-bond donors (Lipinski definition) is 4. The van der Waals surface area contributed by atoms with Gasteiger partial charge in [-0.15, -0.1) is 55.5 Å². The first-order chi connectivity index (χ1) is 31.9. The summed E-state index contributed by atoms with van der Waals surface area (Å²) in [5.41, 5.74) is 12.7. The van der Waals surface area contributed by atoms with E-state index in [1.807, 2.05) is 67.8 Å². The SMILES string of the molecule is CC(C)(C)OC(=O)CC1CCC(C(=O)NNC=O)CC1.CC(C)(C)OC(=O)CC1CCC(C(=O)O)CC1.CC(C)(C)OC(=O)CC1CCC(c2nncs2)CC1.Cl.NC1CCC(c2nncs2)CC1. The lowest BCUT2D eigenvalue weighted by atomic mass is 9.80. The normalized spacial score (nSPS) is 24.8. The highest BCUT2D eigenvalue weighted by molar-refractivity contribution is 7.09. The molecule has 2 aromatic heterocycles. The molecule has 0 bridgehead atoms. The number of aromatic nitrogens is 4. The fraction of sp³-hybridized carbons (Fsp3) is 0.796. The molecule has 2 aromatic rings. The Morgan fingerprint density at radius 2 is 0.928 bits per heavy atom. The fourth-order valence-corrected chi connectivity index (χ4v) is 10.4. The van der Waals surface area contributed by atoms with Gasteiger partial charge in [0, 0.05) is 43.1 Å². The van der Waals surface area contributed by atoms with E-state index in [-0.39, 0.29) is 59.6 Å². The molecule has 0 aliphatic heterocycles. The molecular formula is C49H82ClN7O10S2. The van der Waals surface area contributed by atoms with Crippen LogP contribution in [0.15, 0.2) is 11.0 Å². The molecule has 4 aliphatic rings. The lowest BCUT2D eigenvalue weighted by Gasteiger charge is -2.28. The van der Waals surface area contributed by atoms with Gasteiger partial charge in [-0.1, -0.05) is 0 Å². The van der Waals surface area contributed by atoms with Gasteiger partial charge in [-0.3, -0.25) is 39.6 Å². The number of nitrogens with two attached hydrogens (primary N) is 1. The average molecular weight is 1030 g/mol.